The van der Waals surface area contributed by atoms with E-state index in [9.17, 15) is 4.79 Å². The molecule has 2 atom stereocenters. The molecule has 0 aliphatic carbocycles. The van der Waals surface area contributed by atoms with Crippen LogP contribution in [0.15, 0.2) is 79.3 Å². The van der Waals surface area contributed by atoms with Crippen molar-refractivity contribution in [1.29, 1.82) is 0 Å². The van der Waals surface area contributed by atoms with Crippen molar-refractivity contribution in [2.75, 3.05) is 63.6 Å². The number of halogens is 2. The molecule has 5 aromatic rings. The van der Waals surface area contributed by atoms with Gasteiger partial charge in [0.15, 0.2) is 11.3 Å². The fraction of sp³-hybridized carbons (Fsp3) is 0.361. The first-order valence-electron chi connectivity index (χ1n) is 16.7. The monoisotopic (exact) mass is 681 g/mol. The van der Waals surface area contributed by atoms with Gasteiger partial charge in [-0.25, -0.2) is 33.2 Å². The van der Waals surface area contributed by atoms with Crippen LogP contribution in [0.2, 0.25) is 0 Å². The Hall–Kier alpha value is -5.21. The maximum Gasteiger partial charge on any atom is 0.356 e. The van der Waals surface area contributed by atoms with Gasteiger partial charge in [-0.1, -0.05) is 18.2 Å². The van der Waals surface area contributed by atoms with E-state index in [0.717, 1.165) is 17.0 Å². The van der Waals surface area contributed by atoms with Gasteiger partial charge in [0, 0.05) is 44.3 Å². The molecule has 0 unspecified atom stereocenters. The summed E-state index contributed by atoms with van der Waals surface area (Å²) in [6.07, 6.45) is 2.32. The summed E-state index contributed by atoms with van der Waals surface area (Å²) >= 11 is 0. The lowest BCUT2D eigenvalue weighted by Crippen LogP contribution is -2.69. The van der Waals surface area contributed by atoms with Crippen LogP contribution in [0.1, 0.15) is 23.0 Å². The summed E-state index contributed by atoms with van der Waals surface area (Å²) in [5, 5.41) is 5.48. The fourth-order valence-corrected chi connectivity index (χ4v) is 7.28. The molecule has 6 heterocycles. The van der Waals surface area contributed by atoms with E-state index >= 15 is 8.78 Å². The van der Waals surface area contributed by atoms with Gasteiger partial charge in [-0.15, -0.1) is 0 Å². The number of piperidine rings is 1. The molecule has 3 aromatic heterocycles. The lowest BCUT2D eigenvalue weighted by molar-refractivity contribution is -0.0397. The van der Waals surface area contributed by atoms with Crippen molar-refractivity contribution in [1.82, 2.24) is 34.5 Å². The Kier molecular flexibility index (Phi) is 8.27. The smallest absolute Gasteiger partial charge is 0.356 e. The lowest BCUT2D eigenvalue weighted by Gasteiger charge is -2.53. The molecule has 0 radical (unpaired) electrons. The number of para-hydroxylation sites is 1. The number of anilines is 2. The van der Waals surface area contributed by atoms with Crippen LogP contribution in [0.25, 0.3) is 22.3 Å². The number of nitrogens with two attached hydrogens (primary N) is 1. The Morgan fingerprint density at radius 1 is 0.980 bits per heavy atom. The van der Waals surface area contributed by atoms with Crippen LogP contribution in [-0.4, -0.2) is 111 Å². The second-order valence-corrected chi connectivity index (χ2v) is 13.3. The summed E-state index contributed by atoms with van der Waals surface area (Å²) in [6.45, 7) is 3.17. The molecule has 3 saturated heterocycles. The summed E-state index contributed by atoms with van der Waals surface area (Å²) in [5.74, 6) is 1.19. The van der Waals surface area contributed by atoms with Crippen LogP contribution in [0, 0.1) is 0 Å². The molecule has 12 nitrogen and oxygen atoms in total. The molecule has 14 heteroatoms. The Morgan fingerprint density at radius 3 is 2.44 bits per heavy atom. The summed E-state index contributed by atoms with van der Waals surface area (Å²) in [4.78, 5) is 30.6. The molecule has 3 fully saturated rings. The Bertz CT molecular complexity index is 1980. The van der Waals surface area contributed by atoms with E-state index < -0.39 is 23.9 Å². The van der Waals surface area contributed by atoms with E-state index in [-0.39, 0.29) is 37.2 Å². The molecule has 2 aromatic carbocycles. The van der Waals surface area contributed by atoms with Crippen molar-refractivity contribution < 1.29 is 23.0 Å². The number of ether oxygens (including phenoxy) is 2. The summed E-state index contributed by atoms with van der Waals surface area (Å²) in [5.41, 5.74) is 7.88. The molecular weight excluding hydrogens is 644 g/mol. The molecule has 3 aliphatic rings. The quantitative estimate of drug-likeness (QED) is 0.220. The van der Waals surface area contributed by atoms with Gasteiger partial charge in [-0.3, -0.25) is 9.80 Å². The number of pyridine rings is 1. The fourth-order valence-electron chi connectivity index (χ4n) is 7.28. The third kappa shape index (κ3) is 6.09. The summed E-state index contributed by atoms with van der Waals surface area (Å²) in [7, 11) is 1.30. The van der Waals surface area contributed by atoms with Crippen molar-refractivity contribution in [3.8, 4) is 22.8 Å². The van der Waals surface area contributed by atoms with Gasteiger partial charge in [0.25, 0.3) is 0 Å². The number of rotatable bonds is 9. The predicted molar refractivity (Wildman–Crippen MR) is 184 cm³/mol. The lowest BCUT2D eigenvalue weighted by atomic mass is 9.92. The van der Waals surface area contributed by atoms with Crippen LogP contribution in [0.4, 0.5) is 20.3 Å². The molecule has 0 spiro atoms. The number of nitrogen functional groups attached to an aromatic ring is 1. The van der Waals surface area contributed by atoms with E-state index in [4.69, 9.17) is 15.6 Å². The van der Waals surface area contributed by atoms with Crippen molar-refractivity contribution in [2.24, 2.45) is 0 Å². The maximum atomic E-state index is 16.0. The van der Waals surface area contributed by atoms with Crippen LogP contribution in [-0.2, 0) is 4.74 Å². The largest absolute Gasteiger partial charge is 0.464 e. The number of alkyl halides is 2. The Morgan fingerprint density at radius 2 is 1.74 bits per heavy atom. The first-order chi connectivity index (χ1) is 24.3. The highest BCUT2D eigenvalue weighted by atomic mass is 19.1. The minimum atomic E-state index is -1.33. The van der Waals surface area contributed by atoms with Crippen LogP contribution in [0.5, 0.6) is 11.5 Å². The summed E-state index contributed by atoms with van der Waals surface area (Å²) < 4.78 is 43.9. The molecule has 8 rings (SSSR count). The van der Waals surface area contributed by atoms with E-state index in [0.29, 0.717) is 55.1 Å². The van der Waals surface area contributed by atoms with Gasteiger partial charge in [-0.05, 0) is 55.0 Å². The van der Waals surface area contributed by atoms with Crippen molar-refractivity contribution >= 4 is 28.5 Å². The number of benzene rings is 2. The van der Waals surface area contributed by atoms with Crippen LogP contribution in [0.3, 0.4) is 0 Å². The normalized spacial score (nSPS) is 21.1. The highest BCUT2D eigenvalue weighted by Gasteiger charge is 2.48. The Balaban J connectivity index is 0.880. The predicted octanol–water partition coefficient (Wildman–Crippen LogP) is 4.55. The average Bonchev–Trinajstić information content (AvgIpc) is 3.49. The minimum Gasteiger partial charge on any atom is -0.464 e. The molecule has 2 N–H and O–H groups in total. The molecule has 258 valence electrons. The number of methoxy groups -OCH3 is 1. The summed E-state index contributed by atoms with van der Waals surface area (Å²) in [6, 6.07) is 20.1. The average molecular weight is 682 g/mol. The van der Waals surface area contributed by atoms with Gasteiger partial charge in [0.05, 0.1) is 43.5 Å². The SMILES string of the molecule is COC(=O)c1ccc(N2CC(F)(CN3CC(N4CC[C@H](n5nc(-c6ccc(Oc7ccccc7)cc6)c6c(N)ncnc65)[C@H](F)C4)C3)C2)cn1. The molecule has 0 amide bonds. The van der Waals surface area contributed by atoms with E-state index in [1.54, 1.807) is 23.0 Å². The number of fused-ring (bicyclic) bond motifs is 1. The number of nitrogens with zero attached hydrogens (tertiary/aromatic N) is 8. The van der Waals surface area contributed by atoms with Crippen molar-refractivity contribution in [3.05, 3.63) is 84.9 Å². The number of hydrogen-bond acceptors (Lipinski definition) is 11. The Labute approximate surface area is 287 Å². The number of likely N-dealkylation sites (tertiary alicyclic amines) is 2. The third-order valence-electron chi connectivity index (χ3n) is 9.89. The number of carbonyl (C=O) groups is 1. The highest BCUT2D eigenvalue weighted by Crippen LogP contribution is 2.38. The van der Waals surface area contributed by atoms with Crippen LogP contribution < -0.4 is 15.4 Å². The second-order valence-electron chi connectivity index (χ2n) is 13.3. The zero-order valence-electron chi connectivity index (χ0n) is 27.5. The molecule has 50 heavy (non-hydrogen) atoms. The molecule has 0 bridgehead atoms. The number of hydrogen-bond donors (Lipinski definition) is 1. The van der Waals surface area contributed by atoms with Gasteiger partial charge in [0.1, 0.15) is 41.2 Å². The first kappa shape index (κ1) is 32.0. The standard InChI is InChI=1S/C36H37F2N9O3/c1-49-35(48)29-12-9-24(15-40-29)46-20-36(38,21-46)19-44-16-25(17-44)45-14-13-30(28(37)18-45)47-34-31(33(39)41-22-42-34)32(43-47)23-7-10-27(11-8-23)50-26-5-3-2-4-6-26/h2-12,15,22,25,28,30H,13-14,16-21H2,1H3,(H2,39,41,42)/t28-,30+/m1/s1. The molecular formula is C36H37F2N9O3. The first-order valence-corrected chi connectivity index (χ1v) is 16.7. The van der Waals surface area contributed by atoms with Crippen LogP contribution >= 0.6 is 0 Å². The topological polar surface area (TPSA) is 128 Å². The number of esters is 1. The minimum absolute atomic E-state index is 0.170. The number of carbonyl (C=O) groups excluding carboxylic acids is 1. The van der Waals surface area contributed by atoms with E-state index in [1.165, 1.54) is 13.4 Å². The molecule has 3 aliphatic heterocycles. The van der Waals surface area contributed by atoms with Gasteiger partial charge in [-0.2, -0.15) is 5.10 Å². The van der Waals surface area contributed by atoms with Crippen molar-refractivity contribution in [3.63, 3.8) is 0 Å². The van der Waals surface area contributed by atoms with E-state index in [2.05, 4.69) is 29.5 Å². The maximum absolute atomic E-state index is 16.0. The highest BCUT2D eigenvalue weighted by molar-refractivity contribution is 5.98. The van der Waals surface area contributed by atoms with Gasteiger partial charge < -0.3 is 20.1 Å². The van der Waals surface area contributed by atoms with Crippen molar-refractivity contribution in [2.45, 2.75) is 30.3 Å². The molecule has 0 saturated carbocycles. The number of aromatic nitrogens is 5. The van der Waals surface area contributed by atoms with Gasteiger partial charge in [0.2, 0.25) is 0 Å². The van der Waals surface area contributed by atoms with Gasteiger partial charge >= 0.3 is 5.97 Å². The zero-order valence-corrected chi connectivity index (χ0v) is 27.5. The zero-order chi connectivity index (χ0) is 34.4. The third-order valence-corrected chi connectivity index (χ3v) is 9.89. The second kappa shape index (κ2) is 12.9. The van der Waals surface area contributed by atoms with E-state index in [1.807, 2.05) is 59.5 Å².